The Morgan fingerprint density at radius 2 is 1.59 bits per heavy atom. The zero-order valence-electron chi connectivity index (χ0n) is 21.1. The zero-order valence-corrected chi connectivity index (χ0v) is 22.1. The van der Waals surface area contributed by atoms with E-state index in [1.807, 2.05) is 36.4 Å². The van der Waals surface area contributed by atoms with Crippen molar-refractivity contribution in [3.63, 3.8) is 0 Å². The zero-order chi connectivity index (χ0) is 24.1. The van der Waals surface area contributed by atoms with Crippen molar-refractivity contribution in [2.45, 2.75) is 45.4 Å². The van der Waals surface area contributed by atoms with E-state index >= 15 is 0 Å². The number of fused-ring (bicyclic) bond motifs is 5. The second-order valence-corrected chi connectivity index (χ2v) is 15.9. The van der Waals surface area contributed by atoms with Crippen LogP contribution in [0, 0.1) is 0 Å². The maximum Gasteiger partial charge on any atom is 0.137 e. The molecule has 1 aliphatic rings. The number of nitrogens with zero attached hydrogens (tertiary/aromatic N) is 3. The number of para-hydroxylation sites is 2. The van der Waals surface area contributed by atoms with Gasteiger partial charge in [-0.05, 0) is 57.4 Å². The first-order valence-electron chi connectivity index (χ1n) is 12.1. The van der Waals surface area contributed by atoms with E-state index in [0.717, 1.165) is 65.5 Å². The van der Waals surface area contributed by atoms with Gasteiger partial charge in [-0.3, -0.25) is 0 Å². The monoisotopic (exact) mass is 479 g/mol. The molecule has 2 aromatic carbocycles. The standard InChI is InChI=1S/C27H37N3O3Si/c1-29(2)15-10-16-31-19-25-28-26-21-11-6-8-13-23(21)33-24-14-9-7-12-22(24)27(26)30(25)20-32-17-18-34(3,4)5/h6-9,11-14H,10,15-20H2,1-5H3. The molecule has 0 spiro atoms. The van der Waals surface area contributed by atoms with Gasteiger partial charge in [0, 0.05) is 32.4 Å². The first-order chi connectivity index (χ1) is 16.3. The molecule has 0 bridgehead atoms. The van der Waals surface area contributed by atoms with Crippen LogP contribution in [-0.4, -0.2) is 56.4 Å². The lowest BCUT2D eigenvalue weighted by Crippen LogP contribution is -2.22. The summed E-state index contributed by atoms with van der Waals surface area (Å²) in [4.78, 5) is 7.26. The summed E-state index contributed by atoms with van der Waals surface area (Å²) < 4.78 is 20.8. The quantitative estimate of drug-likeness (QED) is 0.192. The van der Waals surface area contributed by atoms with Crippen LogP contribution >= 0.6 is 0 Å². The van der Waals surface area contributed by atoms with E-state index in [9.17, 15) is 0 Å². The van der Waals surface area contributed by atoms with Gasteiger partial charge >= 0.3 is 0 Å². The molecule has 3 aromatic rings. The summed E-state index contributed by atoms with van der Waals surface area (Å²) in [6, 6.07) is 17.4. The lowest BCUT2D eigenvalue weighted by atomic mass is 10.0. The van der Waals surface area contributed by atoms with Gasteiger partial charge in [-0.2, -0.15) is 0 Å². The Morgan fingerprint density at radius 3 is 2.29 bits per heavy atom. The highest BCUT2D eigenvalue weighted by Gasteiger charge is 2.27. The van der Waals surface area contributed by atoms with E-state index in [1.54, 1.807) is 0 Å². The second kappa shape index (κ2) is 10.9. The van der Waals surface area contributed by atoms with Gasteiger partial charge in [-0.1, -0.05) is 43.9 Å². The van der Waals surface area contributed by atoms with Crippen molar-refractivity contribution in [3.05, 3.63) is 54.4 Å². The molecule has 0 fully saturated rings. The van der Waals surface area contributed by atoms with Crippen LogP contribution in [0.4, 0.5) is 0 Å². The average molecular weight is 480 g/mol. The molecule has 0 saturated carbocycles. The van der Waals surface area contributed by atoms with E-state index < -0.39 is 8.07 Å². The average Bonchev–Trinajstić information content (AvgIpc) is 3.07. The summed E-state index contributed by atoms with van der Waals surface area (Å²) in [7, 11) is 2.99. The fourth-order valence-corrected chi connectivity index (χ4v) is 4.77. The molecule has 0 atom stereocenters. The van der Waals surface area contributed by atoms with Crippen LogP contribution in [0.5, 0.6) is 11.5 Å². The minimum absolute atomic E-state index is 0.444. The SMILES string of the molecule is CN(C)CCCOCc1nc2c(n1COCC[Si](C)(C)C)-c1ccccc1Oc1ccccc1-2. The first-order valence-corrected chi connectivity index (χ1v) is 15.8. The van der Waals surface area contributed by atoms with Crippen LogP contribution in [0.3, 0.4) is 0 Å². The second-order valence-electron chi connectivity index (χ2n) is 10.3. The molecule has 2 heterocycles. The van der Waals surface area contributed by atoms with Crippen molar-refractivity contribution >= 4 is 8.07 Å². The minimum Gasteiger partial charge on any atom is -0.456 e. The number of rotatable bonds is 11. The van der Waals surface area contributed by atoms with Gasteiger partial charge in [-0.25, -0.2) is 4.98 Å². The van der Waals surface area contributed by atoms with Crippen LogP contribution in [0.1, 0.15) is 12.2 Å². The molecule has 1 aromatic heterocycles. The lowest BCUT2D eigenvalue weighted by Gasteiger charge is -2.18. The normalized spacial score (nSPS) is 12.6. The van der Waals surface area contributed by atoms with Gasteiger partial charge < -0.3 is 23.7 Å². The van der Waals surface area contributed by atoms with Gasteiger partial charge in [-0.15, -0.1) is 0 Å². The highest BCUT2D eigenvalue weighted by atomic mass is 28.3. The summed E-state index contributed by atoms with van der Waals surface area (Å²) in [6.45, 7) is 10.5. The lowest BCUT2D eigenvalue weighted by molar-refractivity contribution is 0.0707. The van der Waals surface area contributed by atoms with Gasteiger partial charge in [0.2, 0.25) is 0 Å². The fourth-order valence-electron chi connectivity index (χ4n) is 4.01. The summed E-state index contributed by atoms with van der Waals surface area (Å²) >= 11 is 0. The Hall–Kier alpha value is -2.45. The van der Waals surface area contributed by atoms with E-state index in [1.165, 1.54) is 0 Å². The predicted octanol–water partition coefficient (Wildman–Crippen LogP) is 6.10. The molecule has 0 radical (unpaired) electrons. The number of imidazole rings is 1. The van der Waals surface area contributed by atoms with Crippen molar-refractivity contribution in [3.8, 4) is 34.0 Å². The third kappa shape index (κ3) is 5.96. The maximum atomic E-state index is 6.32. The first kappa shape index (κ1) is 24.7. The topological polar surface area (TPSA) is 48.8 Å². The molecular formula is C27H37N3O3Si. The summed E-state index contributed by atoms with van der Waals surface area (Å²) in [5.74, 6) is 2.53. The molecule has 182 valence electrons. The number of aromatic nitrogens is 2. The molecule has 34 heavy (non-hydrogen) atoms. The van der Waals surface area contributed by atoms with E-state index in [4.69, 9.17) is 19.2 Å². The van der Waals surface area contributed by atoms with Crippen LogP contribution in [0.15, 0.2) is 48.5 Å². The van der Waals surface area contributed by atoms with Crippen molar-refractivity contribution < 1.29 is 14.2 Å². The van der Waals surface area contributed by atoms with E-state index in [2.05, 4.69) is 55.3 Å². The molecule has 0 N–H and O–H groups in total. The van der Waals surface area contributed by atoms with Gasteiger partial charge in [0.1, 0.15) is 36.4 Å². The van der Waals surface area contributed by atoms with Crippen molar-refractivity contribution in [2.75, 3.05) is 33.9 Å². The van der Waals surface area contributed by atoms with Crippen molar-refractivity contribution in [2.24, 2.45) is 0 Å². The number of benzene rings is 2. The van der Waals surface area contributed by atoms with E-state index in [0.29, 0.717) is 19.9 Å². The van der Waals surface area contributed by atoms with E-state index in [-0.39, 0.29) is 0 Å². The van der Waals surface area contributed by atoms with Crippen LogP contribution in [-0.2, 0) is 22.8 Å². The Kier molecular flexibility index (Phi) is 7.88. The van der Waals surface area contributed by atoms with Crippen LogP contribution in [0.25, 0.3) is 22.5 Å². The van der Waals surface area contributed by atoms with Crippen LogP contribution < -0.4 is 4.74 Å². The largest absolute Gasteiger partial charge is 0.456 e. The van der Waals surface area contributed by atoms with Crippen LogP contribution in [0.2, 0.25) is 25.7 Å². The molecule has 0 aliphatic carbocycles. The predicted molar refractivity (Wildman–Crippen MR) is 140 cm³/mol. The minimum atomic E-state index is -1.17. The fraction of sp³-hybridized carbons (Fsp3) is 0.444. The molecule has 1 aliphatic heterocycles. The number of hydrogen-bond donors (Lipinski definition) is 0. The van der Waals surface area contributed by atoms with Gasteiger partial charge in [0.25, 0.3) is 0 Å². The molecule has 6 nitrogen and oxygen atoms in total. The smallest absolute Gasteiger partial charge is 0.137 e. The number of ether oxygens (including phenoxy) is 3. The maximum absolute atomic E-state index is 6.32. The van der Waals surface area contributed by atoms with Gasteiger partial charge in [0.05, 0.1) is 5.69 Å². The Bertz CT molecular complexity index is 1100. The highest BCUT2D eigenvalue weighted by molar-refractivity contribution is 6.76. The molecule has 0 unspecified atom stereocenters. The molecule has 0 saturated heterocycles. The summed E-state index contributed by atoms with van der Waals surface area (Å²) in [5, 5.41) is 0. The number of hydrogen-bond acceptors (Lipinski definition) is 5. The van der Waals surface area contributed by atoms with Crippen molar-refractivity contribution in [1.82, 2.24) is 14.5 Å². The van der Waals surface area contributed by atoms with Gasteiger partial charge in [0.15, 0.2) is 0 Å². The molecule has 4 rings (SSSR count). The summed E-state index contributed by atoms with van der Waals surface area (Å²) in [6.07, 6.45) is 0.986. The highest BCUT2D eigenvalue weighted by Crippen LogP contribution is 2.46. The summed E-state index contributed by atoms with van der Waals surface area (Å²) in [5.41, 5.74) is 3.96. The molecule has 0 amide bonds. The Balaban J connectivity index is 1.69. The third-order valence-corrected chi connectivity index (χ3v) is 7.60. The Labute approximate surface area is 204 Å². The molecular weight excluding hydrogens is 442 g/mol. The third-order valence-electron chi connectivity index (χ3n) is 5.89. The molecule has 7 heteroatoms. The Morgan fingerprint density at radius 1 is 0.912 bits per heavy atom. The van der Waals surface area contributed by atoms with Crippen molar-refractivity contribution in [1.29, 1.82) is 0 Å².